The van der Waals surface area contributed by atoms with E-state index in [0.29, 0.717) is 13.0 Å². The summed E-state index contributed by atoms with van der Waals surface area (Å²) in [6, 6.07) is 18.1. The number of cyclic esters (lactones) is 1. The molecule has 1 unspecified atom stereocenters. The van der Waals surface area contributed by atoms with Crippen LogP contribution in [0.1, 0.15) is 12.0 Å². The van der Waals surface area contributed by atoms with E-state index in [9.17, 15) is 4.79 Å². The molecule has 1 fully saturated rings. The zero-order valence-corrected chi connectivity index (χ0v) is 16.4. The molecule has 1 saturated heterocycles. The Bertz CT molecular complexity index is 941. The zero-order valence-electron chi connectivity index (χ0n) is 15.6. The fraction of sp³-hybridized carbons (Fsp3) is 0.286. The van der Waals surface area contributed by atoms with E-state index in [1.165, 1.54) is 17.3 Å². The summed E-state index contributed by atoms with van der Waals surface area (Å²) < 4.78 is 12.4. The van der Waals surface area contributed by atoms with Gasteiger partial charge in [0.1, 0.15) is 11.0 Å². The number of hydrogen-bond acceptors (Lipinski definition) is 6. The van der Waals surface area contributed by atoms with Gasteiger partial charge in [-0.25, -0.2) is 0 Å². The number of thioether (sulfide) groups is 1. The molecule has 144 valence electrons. The van der Waals surface area contributed by atoms with Crippen LogP contribution in [0, 0.1) is 0 Å². The predicted octanol–water partition coefficient (Wildman–Crippen LogP) is 3.60. The van der Waals surface area contributed by atoms with Gasteiger partial charge >= 0.3 is 5.97 Å². The molecule has 0 amide bonds. The molecular weight excluding hydrogens is 374 g/mol. The van der Waals surface area contributed by atoms with Gasteiger partial charge in [0, 0.05) is 18.5 Å². The van der Waals surface area contributed by atoms with Crippen molar-refractivity contribution in [2.45, 2.75) is 29.8 Å². The van der Waals surface area contributed by atoms with Crippen molar-refractivity contribution in [2.24, 2.45) is 0 Å². The molecule has 6 nitrogen and oxygen atoms in total. The van der Waals surface area contributed by atoms with Gasteiger partial charge in [0.05, 0.1) is 13.7 Å². The highest BCUT2D eigenvalue weighted by Gasteiger charge is 2.30. The first kappa shape index (κ1) is 18.6. The van der Waals surface area contributed by atoms with Gasteiger partial charge in [0.15, 0.2) is 11.0 Å². The number of esters is 1. The van der Waals surface area contributed by atoms with Gasteiger partial charge in [-0.3, -0.25) is 4.79 Å². The summed E-state index contributed by atoms with van der Waals surface area (Å²) in [5, 5.41) is 9.32. The first-order valence-corrected chi connectivity index (χ1v) is 10.1. The number of ether oxygens (including phenoxy) is 2. The number of carbonyl (C=O) groups is 1. The Morgan fingerprint density at radius 3 is 2.61 bits per heavy atom. The van der Waals surface area contributed by atoms with E-state index in [-0.39, 0.29) is 11.2 Å². The quantitative estimate of drug-likeness (QED) is 0.570. The van der Waals surface area contributed by atoms with Crippen molar-refractivity contribution >= 4 is 17.7 Å². The standard InChI is InChI=1S/C21H21N3O3S/c1-26-17-9-7-16(8-10-17)19-22-23-21(28-18-12-14-27-20(18)25)24(19)13-11-15-5-3-2-4-6-15/h2-10,18H,11-14H2,1H3. The smallest absolute Gasteiger partial charge is 0.319 e. The summed E-state index contributed by atoms with van der Waals surface area (Å²) in [5.74, 6) is 1.41. The molecule has 4 rings (SSSR count). The first-order chi connectivity index (χ1) is 13.7. The Hall–Kier alpha value is -2.80. The monoisotopic (exact) mass is 395 g/mol. The topological polar surface area (TPSA) is 66.2 Å². The number of hydrogen-bond donors (Lipinski definition) is 0. The molecule has 1 aromatic heterocycles. The van der Waals surface area contributed by atoms with Crippen LogP contribution in [0.15, 0.2) is 59.8 Å². The maximum Gasteiger partial charge on any atom is 0.319 e. The van der Waals surface area contributed by atoms with E-state index in [4.69, 9.17) is 9.47 Å². The largest absolute Gasteiger partial charge is 0.497 e. The number of benzene rings is 2. The zero-order chi connectivity index (χ0) is 19.3. The third-order valence-corrected chi connectivity index (χ3v) is 5.89. The molecule has 0 aliphatic carbocycles. The Labute approximate surface area is 167 Å². The van der Waals surface area contributed by atoms with Crippen molar-refractivity contribution in [3.63, 3.8) is 0 Å². The van der Waals surface area contributed by atoms with Crippen LogP contribution < -0.4 is 4.74 Å². The molecule has 0 spiro atoms. The van der Waals surface area contributed by atoms with E-state index in [1.807, 2.05) is 42.5 Å². The highest BCUT2D eigenvalue weighted by Crippen LogP contribution is 2.31. The van der Waals surface area contributed by atoms with Gasteiger partial charge in [-0.15, -0.1) is 10.2 Å². The molecule has 1 aliphatic rings. The van der Waals surface area contributed by atoms with E-state index in [0.717, 1.165) is 35.3 Å². The molecule has 28 heavy (non-hydrogen) atoms. The second kappa shape index (κ2) is 8.48. The highest BCUT2D eigenvalue weighted by molar-refractivity contribution is 8.00. The molecule has 7 heteroatoms. The lowest BCUT2D eigenvalue weighted by atomic mass is 10.1. The maximum absolute atomic E-state index is 11.9. The van der Waals surface area contributed by atoms with Gasteiger partial charge in [-0.2, -0.15) is 0 Å². The lowest BCUT2D eigenvalue weighted by Gasteiger charge is -2.12. The SMILES string of the molecule is COc1ccc(-c2nnc(SC3CCOC3=O)n2CCc2ccccc2)cc1. The van der Waals surface area contributed by atoms with Crippen LogP contribution in [0.5, 0.6) is 5.75 Å². The van der Waals surface area contributed by atoms with Crippen LogP contribution in [-0.4, -0.2) is 39.7 Å². The van der Waals surface area contributed by atoms with Gasteiger partial charge < -0.3 is 14.0 Å². The summed E-state index contributed by atoms with van der Waals surface area (Å²) in [6.45, 7) is 1.20. The highest BCUT2D eigenvalue weighted by atomic mass is 32.2. The average Bonchev–Trinajstić information content (AvgIpc) is 3.33. The summed E-state index contributed by atoms with van der Waals surface area (Å²) in [6.07, 6.45) is 1.55. The minimum atomic E-state index is -0.219. The van der Waals surface area contributed by atoms with E-state index >= 15 is 0 Å². The number of aromatic nitrogens is 3. The predicted molar refractivity (Wildman–Crippen MR) is 107 cm³/mol. The first-order valence-electron chi connectivity index (χ1n) is 9.19. The van der Waals surface area contributed by atoms with Crippen molar-refractivity contribution in [3.8, 4) is 17.1 Å². The number of aryl methyl sites for hydroxylation is 1. The normalized spacial score (nSPS) is 16.2. The summed E-state index contributed by atoms with van der Waals surface area (Å²) in [7, 11) is 1.65. The number of methoxy groups -OCH3 is 1. The Morgan fingerprint density at radius 2 is 1.93 bits per heavy atom. The van der Waals surface area contributed by atoms with Crippen LogP contribution in [0.3, 0.4) is 0 Å². The van der Waals surface area contributed by atoms with Crippen LogP contribution in [-0.2, 0) is 22.5 Å². The minimum Gasteiger partial charge on any atom is -0.497 e. The van der Waals surface area contributed by atoms with Crippen molar-refractivity contribution in [3.05, 3.63) is 60.2 Å². The van der Waals surface area contributed by atoms with Crippen LogP contribution >= 0.6 is 11.8 Å². The molecule has 0 radical (unpaired) electrons. The van der Waals surface area contributed by atoms with Crippen molar-refractivity contribution in [1.29, 1.82) is 0 Å². The van der Waals surface area contributed by atoms with Crippen LogP contribution in [0.4, 0.5) is 0 Å². The van der Waals surface area contributed by atoms with Gasteiger partial charge in [0.2, 0.25) is 0 Å². The molecule has 2 heterocycles. The number of rotatable bonds is 7. The van der Waals surface area contributed by atoms with E-state index in [2.05, 4.69) is 26.9 Å². The lowest BCUT2D eigenvalue weighted by Crippen LogP contribution is -2.12. The summed E-state index contributed by atoms with van der Waals surface area (Å²) in [5.41, 5.74) is 2.20. The van der Waals surface area contributed by atoms with Crippen LogP contribution in [0.2, 0.25) is 0 Å². The second-order valence-corrected chi connectivity index (χ2v) is 7.65. The molecule has 3 aromatic rings. The molecule has 2 aromatic carbocycles. The van der Waals surface area contributed by atoms with Gasteiger partial charge in [0.25, 0.3) is 0 Å². The molecule has 0 saturated carbocycles. The van der Waals surface area contributed by atoms with Crippen molar-refractivity contribution in [2.75, 3.05) is 13.7 Å². The van der Waals surface area contributed by atoms with Gasteiger partial charge in [-0.05, 0) is 36.2 Å². The van der Waals surface area contributed by atoms with Crippen molar-refractivity contribution in [1.82, 2.24) is 14.8 Å². The fourth-order valence-electron chi connectivity index (χ4n) is 3.13. The summed E-state index contributed by atoms with van der Waals surface area (Å²) in [4.78, 5) is 11.9. The minimum absolute atomic E-state index is 0.173. The summed E-state index contributed by atoms with van der Waals surface area (Å²) >= 11 is 1.43. The molecule has 0 bridgehead atoms. The van der Waals surface area contributed by atoms with E-state index < -0.39 is 0 Å². The van der Waals surface area contributed by atoms with Crippen molar-refractivity contribution < 1.29 is 14.3 Å². The third-order valence-electron chi connectivity index (χ3n) is 4.67. The Balaban J connectivity index is 1.63. The maximum atomic E-state index is 11.9. The Kier molecular flexibility index (Phi) is 5.62. The second-order valence-electron chi connectivity index (χ2n) is 6.48. The lowest BCUT2D eigenvalue weighted by molar-refractivity contribution is -0.137. The van der Waals surface area contributed by atoms with E-state index in [1.54, 1.807) is 7.11 Å². The fourth-order valence-corrected chi connectivity index (χ4v) is 4.15. The molecule has 1 aliphatic heterocycles. The van der Waals surface area contributed by atoms with Gasteiger partial charge in [-0.1, -0.05) is 42.1 Å². The Morgan fingerprint density at radius 1 is 1.14 bits per heavy atom. The molecule has 0 N–H and O–H groups in total. The number of nitrogens with zero attached hydrogens (tertiary/aromatic N) is 3. The average molecular weight is 395 g/mol. The number of carbonyl (C=O) groups excluding carboxylic acids is 1. The molecular formula is C21H21N3O3S. The molecule has 1 atom stereocenters. The third kappa shape index (κ3) is 4.04. The van der Waals surface area contributed by atoms with Crippen LogP contribution in [0.25, 0.3) is 11.4 Å².